The summed E-state index contributed by atoms with van der Waals surface area (Å²) in [6.07, 6.45) is 1.66. The Labute approximate surface area is 151 Å². The molecule has 0 bridgehead atoms. The lowest BCUT2D eigenvalue weighted by Gasteiger charge is -2.20. The van der Waals surface area contributed by atoms with Crippen LogP contribution in [0.25, 0.3) is 0 Å². The number of rotatable bonds is 5. The third kappa shape index (κ3) is 3.92. The van der Waals surface area contributed by atoms with Crippen molar-refractivity contribution in [1.29, 1.82) is 0 Å². The highest BCUT2D eigenvalue weighted by atomic mass is 16.5. The molecule has 0 aliphatic carbocycles. The van der Waals surface area contributed by atoms with Gasteiger partial charge in [0.2, 0.25) is 11.8 Å². The minimum Gasteiger partial charge on any atom is -0.449 e. The first-order chi connectivity index (χ1) is 12.5. The molecule has 3 rings (SSSR count). The van der Waals surface area contributed by atoms with Crippen LogP contribution in [0.5, 0.6) is 0 Å². The molecular formula is C19H22N2O5. The van der Waals surface area contributed by atoms with Crippen LogP contribution >= 0.6 is 0 Å². The zero-order valence-corrected chi connectivity index (χ0v) is 14.8. The Kier molecular flexibility index (Phi) is 5.35. The van der Waals surface area contributed by atoms with E-state index in [1.807, 2.05) is 0 Å². The molecule has 0 N–H and O–H groups in total. The van der Waals surface area contributed by atoms with Crippen LogP contribution in [-0.2, 0) is 25.7 Å². The topological polar surface area (TPSA) is 84.0 Å². The first kappa shape index (κ1) is 18.1. The van der Waals surface area contributed by atoms with Gasteiger partial charge in [-0.05, 0) is 37.5 Å². The average molecular weight is 358 g/mol. The van der Waals surface area contributed by atoms with Crippen molar-refractivity contribution >= 4 is 23.7 Å². The number of carbonyl (C=O) groups excluding carboxylic acids is 4. The number of imide groups is 1. The maximum Gasteiger partial charge on any atom is 0.338 e. The van der Waals surface area contributed by atoms with Gasteiger partial charge in [0.1, 0.15) is 0 Å². The molecule has 0 saturated carbocycles. The first-order valence-corrected chi connectivity index (χ1v) is 8.87. The Morgan fingerprint density at radius 1 is 1.04 bits per heavy atom. The zero-order chi connectivity index (χ0) is 18.7. The molecule has 7 heteroatoms. The molecule has 7 nitrogen and oxygen atoms in total. The Morgan fingerprint density at radius 2 is 1.62 bits per heavy atom. The zero-order valence-electron chi connectivity index (χ0n) is 14.8. The van der Waals surface area contributed by atoms with E-state index in [0.29, 0.717) is 18.7 Å². The van der Waals surface area contributed by atoms with Gasteiger partial charge in [-0.1, -0.05) is 12.1 Å². The number of carbonyl (C=O) groups is 4. The van der Waals surface area contributed by atoms with Crippen LogP contribution in [0.1, 0.15) is 48.5 Å². The highest BCUT2D eigenvalue weighted by Crippen LogP contribution is 2.17. The molecule has 2 saturated heterocycles. The van der Waals surface area contributed by atoms with Crippen LogP contribution < -0.4 is 0 Å². The molecule has 1 aromatic rings. The lowest BCUT2D eigenvalue weighted by atomic mass is 10.1. The van der Waals surface area contributed by atoms with E-state index in [1.165, 1.54) is 4.90 Å². The quantitative estimate of drug-likeness (QED) is 0.588. The molecule has 2 fully saturated rings. The maximum absolute atomic E-state index is 12.2. The first-order valence-electron chi connectivity index (χ1n) is 8.87. The third-order valence-corrected chi connectivity index (χ3v) is 4.73. The summed E-state index contributed by atoms with van der Waals surface area (Å²) in [7, 11) is 0. The van der Waals surface area contributed by atoms with Gasteiger partial charge in [-0.25, -0.2) is 4.79 Å². The number of likely N-dealkylation sites (tertiary alicyclic amines) is 2. The number of nitrogens with zero attached hydrogens (tertiary/aromatic N) is 2. The molecule has 1 atom stereocenters. The monoisotopic (exact) mass is 358 g/mol. The number of hydrogen-bond acceptors (Lipinski definition) is 5. The van der Waals surface area contributed by atoms with Crippen LogP contribution in [-0.4, -0.2) is 52.7 Å². The second-order valence-electron chi connectivity index (χ2n) is 6.65. The molecule has 1 aromatic carbocycles. The van der Waals surface area contributed by atoms with E-state index in [2.05, 4.69) is 0 Å². The van der Waals surface area contributed by atoms with Crippen molar-refractivity contribution in [2.24, 2.45) is 0 Å². The van der Waals surface area contributed by atoms with E-state index in [1.54, 1.807) is 36.1 Å². The SMILES string of the molecule is CC(OC(=O)c1ccc(CN2C(=O)CCC2=O)cc1)C(=O)N1CCCC1. The number of benzene rings is 1. The van der Waals surface area contributed by atoms with Crippen molar-refractivity contribution in [2.45, 2.75) is 45.3 Å². The van der Waals surface area contributed by atoms with Gasteiger partial charge < -0.3 is 9.64 Å². The normalized spacial score (nSPS) is 18.3. The number of esters is 1. The van der Waals surface area contributed by atoms with Crippen molar-refractivity contribution in [1.82, 2.24) is 9.80 Å². The van der Waals surface area contributed by atoms with E-state index in [-0.39, 0.29) is 37.1 Å². The predicted octanol–water partition coefficient (Wildman–Crippen LogP) is 1.50. The Bertz CT molecular complexity index is 706. The fourth-order valence-electron chi connectivity index (χ4n) is 3.20. The molecule has 0 radical (unpaired) electrons. The van der Waals surface area contributed by atoms with Crippen molar-refractivity contribution in [2.75, 3.05) is 13.1 Å². The number of ether oxygens (including phenoxy) is 1. The summed E-state index contributed by atoms with van der Waals surface area (Å²) < 4.78 is 5.27. The van der Waals surface area contributed by atoms with Gasteiger partial charge in [0.15, 0.2) is 6.10 Å². The predicted molar refractivity (Wildman–Crippen MR) is 91.9 cm³/mol. The minimum absolute atomic E-state index is 0.168. The van der Waals surface area contributed by atoms with Crippen molar-refractivity contribution in [3.63, 3.8) is 0 Å². The van der Waals surface area contributed by atoms with E-state index in [0.717, 1.165) is 18.4 Å². The summed E-state index contributed by atoms with van der Waals surface area (Å²) in [5.74, 6) is -1.08. The van der Waals surface area contributed by atoms with E-state index in [4.69, 9.17) is 4.74 Å². The lowest BCUT2D eigenvalue weighted by Crippen LogP contribution is -2.38. The van der Waals surface area contributed by atoms with Gasteiger partial charge in [-0.3, -0.25) is 19.3 Å². The Balaban J connectivity index is 1.57. The molecule has 26 heavy (non-hydrogen) atoms. The van der Waals surface area contributed by atoms with Crippen LogP contribution in [0.4, 0.5) is 0 Å². The van der Waals surface area contributed by atoms with Crippen LogP contribution in [0, 0.1) is 0 Å². The van der Waals surface area contributed by atoms with Crippen LogP contribution in [0.3, 0.4) is 0 Å². The van der Waals surface area contributed by atoms with E-state index < -0.39 is 12.1 Å². The maximum atomic E-state index is 12.2. The van der Waals surface area contributed by atoms with Crippen molar-refractivity contribution in [3.8, 4) is 0 Å². The fourth-order valence-corrected chi connectivity index (χ4v) is 3.20. The number of hydrogen-bond donors (Lipinski definition) is 0. The largest absolute Gasteiger partial charge is 0.449 e. The molecule has 138 valence electrons. The minimum atomic E-state index is -0.819. The number of amides is 3. The molecule has 2 aliphatic heterocycles. The Morgan fingerprint density at radius 3 is 2.19 bits per heavy atom. The van der Waals surface area contributed by atoms with Crippen LogP contribution in [0.15, 0.2) is 24.3 Å². The van der Waals surface area contributed by atoms with Crippen molar-refractivity contribution < 1.29 is 23.9 Å². The summed E-state index contributed by atoms with van der Waals surface area (Å²) in [4.78, 5) is 50.7. The van der Waals surface area contributed by atoms with Gasteiger partial charge in [0.05, 0.1) is 12.1 Å². The molecule has 2 heterocycles. The Hall–Kier alpha value is -2.70. The van der Waals surface area contributed by atoms with Gasteiger partial charge in [0, 0.05) is 25.9 Å². The lowest BCUT2D eigenvalue weighted by molar-refractivity contribution is -0.139. The molecule has 0 spiro atoms. The average Bonchev–Trinajstić information content (AvgIpc) is 3.27. The second kappa shape index (κ2) is 7.68. The van der Waals surface area contributed by atoms with Gasteiger partial charge in [-0.2, -0.15) is 0 Å². The second-order valence-corrected chi connectivity index (χ2v) is 6.65. The van der Waals surface area contributed by atoms with Gasteiger partial charge >= 0.3 is 5.97 Å². The summed E-state index contributed by atoms with van der Waals surface area (Å²) >= 11 is 0. The summed E-state index contributed by atoms with van der Waals surface area (Å²) in [6, 6.07) is 6.52. The van der Waals surface area contributed by atoms with E-state index >= 15 is 0 Å². The van der Waals surface area contributed by atoms with Gasteiger partial charge in [-0.15, -0.1) is 0 Å². The fraction of sp³-hybridized carbons (Fsp3) is 0.474. The highest BCUT2D eigenvalue weighted by molar-refractivity contribution is 6.01. The summed E-state index contributed by atoms with van der Waals surface area (Å²) in [5, 5.41) is 0. The highest BCUT2D eigenvalue weighted by Gasteiger charge is 2.29. The van der Waals surface area contributed by atoms with Crippen molar-refractivity contribution in [3.05, 3.63) is 35.4 Å². The summed E-state index contributed by atoms with van der Waals surface area (Å²) in [5.41, 5.74) is 1.08. The smallest absolute Gasteiger partial charge is 0.338 e. The molecule has 1 unspecified atom stereocenters. The van der Waals surface area contributed by atoms with E-state index in [9.17, 15) is 19.2 Å². The molecular weight excluding hydrogens is 336 g/mol. The summed E-state index contributed by atoms with van der Waals surface area (Å²) in [6.45, 7) is 3.21. The molecule has 3 amide bonds. The molecule has 0 aromatic heterocycles. The molecule has 2 aliphatic rings. The van der Waals surface area contributed by atoms with Crippen LogP contribution in [0.2, 0.25) is 0 Å². The third-order valence-electron chi connectivity index (χ3n) is 4.73. The standard InChI is InChI=1S/C19H22N2O5/c1-13(18(24)20-10-2-3-11-20)26-19(25)15-6-4-14(5-7-15)12-21-16(22)8-9-17(21)23/h4-7,13H,2-3,8-12H2,1H3. The van der Waals surface area contributed by atoms with Gasteiger partial charge in [0.25, 0.3) is 5.91 Å².